The molecule has 6 nitrogen and oxygen atoms in total. The molecule has 0 unspecified atom stereocenters. The molecule has 0 atom stereocenters. The van der Waals surface area contributed by atoms with Gasteiger partial charge >= 0.3 is 6.61 Å². The average molecular weight is 482 g/mol. The largest absolute Gasteiger partial charge is 0.433 e. The first-order valence-corrected chi connectivity index (χ1v) is 11.5. The molecule has 1 heterocycles. The summed E-state index contributed by atoms with van der Waals surface area (Å²) in [6.07, 6.45) is 0.865. The first-order valence-electron chi connectivity index (χ1n) is 10.5. The number of hydrogen-bond donors (Lipinski definition) is 1. The molecule has 4 rings (SSSR count). The van der Waals surface area contributed by atoms with Gasteiger partial charge in [-0.3, -0.25) is 14.2 Å². The fraction of sp³-hybridized carbons (Fsp3) is 0.160. The van der Waals surface area contributed by atoms with Crippen molar-refractivity contribution in [3.63, 3.8) is 0 Å². The monoisotopic (exact) mass is 481 g/mol. The molecule has 0 saturated carbocycles. The zero-order valence-electron chi connectivity index (χ0n) is 18.2. The number of thioether (sulfide) groups is 1. The molecule has 4 aromatic rings. The van der Waals surface area contributed by atoms with E-state index in [0.29, 0.717) is 21.7 Å². The number of para-hydroxylation sites is 3. The molecule has 1 amide bonds. The summed E-state index contributed by atoms with van der Waals surface area (Å²) in [7, 11) is 0. The van der Waals surface area contributed by atoms with Gasteiger partial charge in [0, 0.05) is 0 Å². The molecule has 34 heavy (non-hydrogen) atoms. The van der Waals surface area contributed by atoms with Crippen molar-refractivity contribution in [1.29, 1.82) is 0 Å². The van der Waals surface area contributed by atoms with E-state index in [-0.39, 0.29) is 22.7 Å². The van der Waals surface area contributed by atoms with Crippen LogP contribution in [0.2, 0.25) is 0 Å². The standard InChI is InChI=1S/C25H21F2N3O3S/c1-2-16-11-13-17(14-12-16)30-23(32)18-7-3-4-8-19(18)29-25(30)34-15-22(31)28-20-9-5-6-10-21(20)33-24(26)27/h3-14,24H,2,15H2,1H3,(H,28,31). The van der Waals surface area contributed by atoms with Crippen LogP contribution in [0.4, 0.5) is 14.5 Å². The number of carbonyl (C=O) groups is 1. The molecule has 9 heteroatoms. The molecule has 0 aliphatic heterocycles. The van der Waals surface area contributed by atoms with E-state index >= 15 is 0 Å². The fourth-order valence-electron chi connectivity index (χ4n) is 3.40. The summed E-state index contributed by atoms with van der Waals surface area (Å²) in [5.74, 6) is -0.681. The summed E-state index contributed by atoms with van der Waals surface area (Å²) in [4.78, 5) is 30.5. The molecule has 0 radical (unpaired) electrons. The van der Waals surface area contributed by atoms with Crippen molar-refractivity contribution in [3.05, 3.63) is 88.7 Å². The maximum atomic E-state index is 13.3. The van der Waals surface area contributed by atoms with E-state index in [1.807, 2.05) is 31.2 Å². The number of rotatable bonds is 8. The lowest BCUT2D eigenvalue weighted by Crippen LogP contribution is -2.23. The molecule has 1 aromatic heterocycles. The van der Waals surface area contributed by atoms with Crippen molar-refractivity contribution in [2.75, 3.05) is 11.1 Å². The summed E-state index contributed by atoms with van der Waals surface area (Å²) in [6.45, 7) is -0.967. The van der Waals surface area contributed by atoms with Crippen molar-refractivity contribution in [2.24, 2.45) is 0 Å². The van der Waals surface area contributed by atoms with Gasteiger partial charge in [-0.15, -0.1) is 0 Å². The highest BCUT2D eigenvalue weighted by Gasteiger charge is 2.16. The molecule has 0 saturated heterocycles. The second-order valence-corrected chi connectivity index (χ2v) is 8.23. The van der Waals surface area contributed by atoms with Gasteiger partial charge in [-0.2, -0.15) is 8.78 Å². The fourth-order valence-corrected chi connectivity index (χ4v) is 4.22. The van der Waals surface area contributed by atoms with Crippen molar-refractivity contribution >= 4 is 34.3 Å². The van der Waals surface area contributed by atoms with E-state index in [0.717, 1.165) is 23.7 Å². The number of anilines is 1. The summed E-state index contributed by atoms with van der Waals surface area (Å²) < 4.78 is 31.2. The number of fused-ring (bicyclic) bond motifs is 1. The summed E-state index contributed by atoms with van der Waals surface area (Å²) in [5.41, 5.74) is 2.18. The minimum absolute atomic E-state index is 0.0964. The number of hydrogen-bond acceptors (Lipinski definition) is 5. The number of aryl methyl sites for hydroxylation is 1. The summed E-state index contributed by atoms with van der Waals surface area (Å²) >= 11 is 1.08. The minimum atomic E-state index is -3.01. The Morgan fingerprint density at radius 1 is 1.06 bits per heavy atom. The lowest BCUT2D eigenvalue weighted by Gasteiger charge is -2.14. The van der Waals surface area contributed by atoms with E-state index < -0.39 is 12.5 Å². The number of ether oxygens (including phenoxy) is 1. The molecular weight excluding hydrogens is 460 g/mol. The Balaban J connectivity index is 1.63. The highest BCUT2D eigenvalue weighted by atomic mass is 32.2. The van der Waals surface area contributed by atoms with E-state index in [2.05, 4.69) is 15.0 Å². The van der Waals surface area contributed by atoms with Gasteiger partial charge < -0.3 is 10.1 Å². The predicted octanol–water partition coefficient (Wildman–Crippen LogP) is 5.28. The Morgan fingerprint density at radius 2 is 1.76 bits per heavy atom. The first-order chi connectivity index (χ1) is 16.5. The van der Waals surface area contributed by atoms with Crippen LogP contribution >= 0.6 is 11.8 Å². The van der Waals surface area contributed by atoms with Crippen molar-refractivity contribution in [1.82, 2.24) is 9.55 Å². The van der Waals surface area contributed by atoms with Gasteiger partial charge in [0.25, 0.3) is 5.56 Å². The lowest BCUT2D eigenvalue weighted by atomic mass is 10.1. The van der Waals surface area contributed by atoms with Crippen molar-refractivity contribution in [3.8, 4) is 11.4 Å². The quantitative estimate of drug-likeness (QED) is 0.274. The van der Waals surface area contributed by atoms with Crippen LogP contribution < -0.4 is 15.6 Å². The molecule has 0 spiro atoms. The molecule has 0 bridgehead atoms. The number of amides is 1. The van der Waals surface area contributed by atoms with E-state index in [1.54, 1.807) is 30.3 Å². The van der Waals surface area contributed by atoms with Gasteiger partial charge in [-0.1, -0.05) is 55.1 Å². The highest BCUT2D eigenvalue weighted by molar-refractivity contribution is 7.99. The smallest absolute Gasteiger partial charge is 0.387 e. The third-order valence-corrected chi connectivity index (χ3v) is 6.00. The molecule has 1 N–H and O–H groups in total. The minimum Gasteiger partial charge on any atom is -0.433 e. The van der Waals surface area contributed by atoms with Crippen LogP contribution in [0.3, 0.4) is 0 Å². The van der Waals surface area contributed by atoms with Gasteiger partial charge in [-0.25, -0.2) is 4.98 Å². The van der Waals surface area contributed by atoms with Gasteiger partial charge in [0.05, 0.1) is 28.0 Å². The number of nitrogens with one attached hydrogen (secondary N) is 1. The van der Waals surface area contributed by atoms with Crippen molar-refractivity contribution in [2.45, 2.75) is 25.1 Å². The zero-order chi connectivity index (χ0) is 24.1. The van der Waals surface area contributed by atoms with Gasteiger partial charge in [-0.05, 0) is 48.4 Å². The second-order valence-electron chi connectivity index (χ2n) is 7.28. The SMILES string of the molecule is CCc1ccc(-n2c(SCC(=O)Nc3ccccc3OC(F)F)nc3ccccc3c2=O)cc1. The van der Waals surface area contributed by atoms with Gasteiger partial charge in [0.2, 0.25) is 5.91 Å². The van der Waals surface area contributed by atoms with Crippen LogP contribution in [-0.4, -0.2) is 27.8 Å². The lowest BCUT2D eigenvalue weighted by molar-refractivity contribution is -0.113. The Hall–Kier alpha value is -3.72. The van der Waals surface area contributed by atoms with Crippen LogP contribution in [0.5, 0.6) is 5.75 Å². The first kappa shape index (κ1) is 23.4. The highest BCUT2D eigenvalue weighted by Crippen LogP contribution is 2.27. The number of nitrogens with zero attached hydrogens (tertiary/aromatic N) is 2. The van der Waals surface area contributed by atoms with Crippen LogP contribution in [0, 0.1) is 0 Å². The van der Waals surface area contributed by atoms with Crippen LogP contribution in [0.15, 0.2) is 82.7 Å². The Morgan fingerprint density at radius 3 is 2.50 bits per heavy atom. The average Bonchev–Trinajstić information content (AvgIpc) is 2.84. The van der Waals surface area contributed by atoms with Crippen LogP contribution in [-0.2, 0) is 11.2 Å². The van der Waals surface area contributed by atoms with Gasteiger partial charge in [0.15, 0.2) is 5.16 Å². The van der Waals surface area contributed by atoms with Gasteiger partial charge in [0.1, 0.15) is 5.75 Å². The summed E-state index contributed by atoms with van der Waals surface area (Å²) in [6, 6.07) is 20.5. The zero-order valence-corrected chi connectivity index (χ0v) is 19.0. The number of alkyl halides is 2. The molecule has 0 aliphatic carbocycles. The molecule has 174 valence electrons. The predicted molar refractivity (Wildman–Crippen MR) is 129 cm³/mol. The number of halogens is 2. The Labute approximate surface area is 198 Å². The van der Waals surface area contributed by atoms with Crippen LogP contribution in [0.1, 0.15) is 12.5 Å². The Kier molecular flexibility index (Phi) is 7.22. The number of carbonyl (C=O) groups excluding carboxylic acids is 1. The molecular formula is C25H21F2N3O3S. The number of benzene rings is 3. The second kappa shape index (κ2) is 10.5. The third-order valence-electron chi connectivity index (χ3n) is 5.06. The van der Waals surface area contributed by atoms with Crippen LogP contribution in [0.25, 0.3) is 16.6 Å². The van der Waals surface area contributed by atoms with E-state index in [9.17, 15) is 18.4 Å². The normalized spacial score (nSPS) is 11.1. The Bertz CT molecular complexity index is 1370. The maximum absolute atomic E-state index is 13.3. The molecule has 3 aromatic carbocycles. The van der Waals surface area contributed by atoms with E-state index in [4.69, 9.17) is 0 Å². The van der Waals surface area contributed by atoms with E-state index in [1.165, 1.54) is 22.8 Å². The molecule has 0 fully saturated rings. The van der Waals surface area contributed by atoms with Crippen molar-refractivity contribution < 1.29 is 18.3 Å². The molecule has 0 aliphatic rings. The maximum Gasteiger partial charge on any atom is 0.387 e. The summed E-state index contributed by atoms with van der Waals surface area (Å²) in [5, 5.41) is 3.39. The third kappa shape index (κ3) is 5.26. The topological polar surface area (TPSA) is 73.2 Å². The number of aromatic nitrogens is 2.